The Morgan fingerprint density at radius 3 is 2.84 bits per heavy atom. The lowest BCUT2D eigenvalue weighted by molar-refractivity contribution is 0.0864. The molecule has 0 atom stereocenters. The quantitative estimate of drug-likeness (QED) is 0.651. The first-order valence-corrected chi connectivity index (χ1v) is 7.34. The van der Waals surface area contributed by atoms with Gasteiger partial charge in [-0.25, -0.2) is 9.67 Å². The van der Waals surface area contributed by atoms with Gasteiger partial charge in [-0.3, -0.25) is 9.78 Å². The predicted octanol–water partition coefficient (Wildman–Crippen LogP) is 1.37. The van der Waals surface area contributed by atoms with Crippen LogP contribution in [0.25, 0.3) is 5.69 Å². The van der Waals surface area contributed by atoms with Gasteiger partial charge in [-0.05, 0) is 24.3 Å². The highest BCUT2D eigenvalue weighted by atomic mass is 16.5. The van der Waals surface area contributed by atoms with Crippen LogP contribution in [0, 0.1) is 0 Å². The summed E-state index contributed by atoms with van der Waals surface area (Å²) in [5.41, 5.74) is 6.56. The van der Waals surface area contributed by atoms with Crippen LogP contribution in [0.15, 0.2) is 49.1 Å². The molecule has 0 aromatic carbocycles. The summed E-state index contributed by atoms with van der Waals surface area (Å²) in [6.07, 6.45) is 6.39. The molecule has 1 amide bonds. The van der Waals surface area contributed by atoms with Gasteiger partial charge in [-0.15, -0.1) is 0 Å². The summed E-state index contributed by atoms with van der Waals surface area (Å²) in [6, 6.07) is 6.91. The van der Waals surface area contributed by atoms with Crippen molar-refractivity contribution in [3.05, 3.63) is 54.7 Å². The van der Waals surface area contributed by atoms with Gasteiger partial charge in [0, 0.05) is 19.5 Å². The van der Waals surface area contributed by atoms with Crippen molar-refractivity contribution in [2.75, 3.05) is 19.6 Å². The van der Waals surface area contributed by atoms with Crippen LogP contribution in [0.4, 0.5) is 5.82 Å². The Balaban J connectivity index is 1.98. The highest BCUT2D eigenvalue weighted by Crippen LogP contribution is 2.28. The maximum Gasteiger partial charge on any atom is 0.277 e. The Kier molecular flexibility index (Phi) is 4.86. The zero-order chi connectivity index (χ0) is 17.6. The maximum absolute atomic E-state index is 12.3. The largest absolute Gasteiger partial charge is 0.449 e. The second-order valence-corrected chi connectivity index (χ2v) is 4.93. The van der Waals surface area contributed by atoms with E-state index < -0.39 is 5.91 Å². The van der Waals surface area contributed by atoms with Gasteiger partial charge in [0.05, 0.1) is 18.1 Å². The lowest BCUT2D eigenvalue weighted by atomic mass is 10.3. The van der Waals surface area contributed by atoms with Gasteiger partial charge in [0.25, 0.3) is 5.91 Å². The molecule has 128 valence electrons. The van der Waals surface area contributed by atoms with E-state index in [0.717, 1.165) is 0 Å². The van der Waals surface area contributed by atoms with Gasteiger partial charge < -0.3 is 20.5 Å². The number of hydrogen-bond donors (Lipinski definition) is 2. The molecule has 3 aromatic rings. The van der Waals surface area contributed by atoms with Crippen molar-refractivity contribution in [2.24, 2.45) is 0 Å². The third kappa shape index (κ3) is 3.72. The summed E-state index contributed by atoms with van der Waals surface area (Å²) >= 11 is 0. The molecular formula is C16H16N6O3. The molecule has 9 nitrogen and oxygen atoms in total. The average molecular weight is 340 g/mol. The second kappa shape index (κ2) is 7.41. The molecule has 3 N–H and O–H groups in total. The number of nitrogens with zero attached hydrogens (tertiary/aromatic N) is 4. The Morgan fingerprint density at radius 2 is 2.12 bits per heavy atom. The van der Waals surface area contributed by atoms with Crippen LogP contribution in [0.5, 0.6) is 11.5 Å². The van der Waals surface area contributed by atoms with Crippen molar-refractivity contribution in [1.29, 1.82) is 0 Å². The van der Waals surface area contributed by atoms with Crippen molar-refractivity contribution in [3.8, 4) is 17.2 Å². The van der Waals surface area contributed by atoms with Gasteiger partial charge in [0.1, 0.15) is 6.73 Å². The fourth-order valence-corrected chi connectivity index (χ4v) is 2.04. The number of pyridine rings is 2. The molecule has 0 saturated carbocycles. The van der Waals surface area contributed by atoms with Crippen LogP contribution in [-0.2, 0) is 4.74 Å². The van der Waals surface area contributed by atoms with E-state index in [9.17, 15) is 4.79 Å². The summed E-state index contributed by atoms with van der Waals surface area (Å²) in [6.45, 7) is 0.0487. The summed E-state index contributed by atoms with van der Waals surface area (Å²) in [5, 5.41) is 6.86. The molecule has 0 radical (unpaired) electrons. The fraction of sp³-hybridized carbons (Fsp3) is 0.125. The van der Waals surface area contributed by atoms with E-state index in [4.69, 9.17) is 15.2 Å². The van der Waals surface area contributed by atoms with E-state index in [1.165, 1.54) is 11.8 Å². The number of carbonyl (C=O) groups excluding carboxylic acids is 1. The van der Waals surface area contributed by atoms with Gasteiger partial charge in [-0.2, -0.15) is 5.10 Å². The summed E-state index contributed by atoms with van der Waals surface area (Å²) in [4.78, 5) is 20.3. The number of carbonyl (C=O) groups is 1. The summed E-state index contributed by atoms with van der Waals surface area (Å²) in [5.74, 6) is 0.327. The zero-order valence-electron chi connectivity index (χ0n) is 13.4. The van der Waals surface area contributed by atoms with Crippen LogP contribution >= 0.6 is 0 Å². The van der Waals surface area contributed by atoms with Crippen LogP contribution in [0.3, 0.4) is 0 Å². The predicted molar refractivity (Wildman–Crippen MR) is 89.4 cm³/mol. The molecule has 25 heavy (non-hydrogen) atoms. The second-order valence-electron chi connectivity index (χ2n) is 4.93. The van der Waals surface area contributed by atoms with Crippen molar-refractivity contribution in [3.63, 3.8) is 0 Å². The number of nitrogens with two attached hydrogens (primary N) is 1. The molecule has 0 fully saturated rings. The lowest BCUT2D eigenvalue weighted by Gasteiger charge is -2.07. The Morgan fingerprint density at radius 1 is 1.28 bits per heavy atom. The van der Waals surface area contributed by atoms with Gasteiger partial charge in [-0.1, -0.05) is 0 Å². The Hall–Kier alpha value is -3.46. The SMILES string of the molecule is COCNC(=O)c1nn(-c2cccnc2)cc1Oc1cccnc1N. The van der Waals surface area contributed by atoms with Gasteiger partial charge in [0.2, 0.25) is 0 Å². The highest BCUT2D eigenvalue weighted by Gasteiger charge is 2.20. The summed E-state index contributed by atoms with van der Waals surface area (Å²) < 4.78 is 12.1. The highest BCUT2D eigenvalue weighted by molar-refractivity contribution is 5.95. The molecular weight excluding hydrogens is 324 g/mol. The zero-order valence-corrected chi connectivity index (χ0v) is 13.4. The molecule has 3 aromatic heterocycles. The van der Waals surface area contributed by atoms with E-state index in [-0.39, 0.29) is 24.0 Å². The first-order chi connectivity index (χ1) is 12.2. The van der Waals surface area contributed by atoms with Crippen LogP contribution in [-0.4, -0.2) is 39.5 Å². The number of anilines is 1. The molecule has 3 rings (SSSR count). The van der Waals surface area contributed by atoms with Gasteiger partial charge in [0.15, 0.2) is 23.0 Å². The minimum absolute atomic E-state index is 0.0487. The minimum atomic E-state index is -0.443. The monoisotopic (exact) mass is 340 g/mol. The molecule has 9 heteroatoms. The molecule has 0 unspecified atom stereocenters. The molecule has 0 bridgehead atoms. The summed E-state index contributed by atoms with van der Waals surface area (Å²) in [7, 11) is 1.47. The first kappa shape index (κ1) is 16.4. The maximum atomic E-state index is 12.3. The van der Waals surface area contributed by atoms with Crippen molar-refractivity contribution < 1.29 is 14.3 Å². The van der Waals surface area contributed by atoms with E-state index in [0.29, 0.717) is 11.4 Å². The standard InChI is InChI=1S/C16H16N6O3/c1-24-10-20-16(23)14-13(25-12-5-3-7-19-15(12)17)9-22(21-14)11-4-2-6-18-8-11/h2-9H,10H2,1H3,(H2,17,19)(H,20,23). The first-order valence-electron chi connectivity index (χ1n) is 7.34. The number of ether oxygens (including phenoxy) is 2. The molecule has 0 aliphatic heterocycles. The topological polar surface area (TPSA) is 117 Å². The van der Waals surface area contributed by atoms with Crippen LogP contribution in [0.2, 0.25) is 0 Å². The van der Waals surface area contributed by atoms with E-state index >= 15 is 0 Å². The average Bonchev–Trinajstić information content (AvgIpc) is 3.06. The molecule has 0 saturated heterocycles. The molecule has 0 aliphatic rings. The van der Waals surface area contributed by atoms with Crippen LogP contribution in [0.1, 0.15) is 10.5 Å². The smallest absolute Gasteiger partial charge is 0.277 e. The number of methoxy groups -OCH3 is 1. The molecule has 0 aliphatic carbocycles. The van der Waals surface area contributed by atoms with E-state index in [1.54, 1.807) is 49.1 Å². The minimum Gasteiger partial charge on any atom is -0.449 e. The lowest BCUT2D eigenvalue weighted by Crippen LogP contribution is -2.26. The number of amides is 1. The van der Waals surface area contributed by atoms with Crippen molar-refractivity contribution in [2.45, 2.75) is 0 Å². The van der Waals surface area contributed by atoms with E-state index in [2.05, 4.69) is 20.4 Å². The molecule has 0 spiro atoms. The van der Waals surface area contributed by atoms with Crippen LogP contribution < -0.4 is 15.8 Å². The van der Waals surface area contributed by atoms with Crippen molar-refractivity contribution in [1.82, 2.24) is 25.1 Å². The Labute approximate surface area is 143 Å². The number of nitrogen functional groups attached to an aromatic ring is 1. The molecule has 3 heterocycles. The number of aromatic nitrogens is 4. The van der Waals surface area contributed by atoms with E-state index in [1.807, 2.05) is 0 Å². The van der Waals surface area contributed by atoms with Gasteiger partial charge >= 0.3 is 0 Å². The number of rotatable bonds is 6. The van der Waals surface area contributed by atoms with Crippen molar-refractivity contribution >= 4 is 11.7 Å². The third-order valence-corrected chi connectivity index (χ3v) is 3.20. The number of hydrogen-bond acceptors (Lipinski definition) is 7. The normalized spacial score (nSPS) is 10.4. The fourth-order valence-electron chi connectivity index (χ4n) is 2.04. The number of nitrogens with one attached hydrogen (secondary N) is 1. The Bertz CT molecular complexity index is 865. The third-order valence-electron chi connectivity index (χ3n) is 3.20.